The molecule has 24 heavy (non-hydrogen) atoms. The highest BCUT2D eigenvalue weighted by molar-refractivity contribution is 5.20. The number of nitrogens with zero attached hydrogens (tertiary/aromatic N) is 1. The van der Waals surface area contributed by atoms with Gasteiger partial charge in [0.05, 0.1) is 18.8 Å². The first-order chi connectivity index (χ1) is 11.7. The highest BCUT2D eigenvalue weighted by atomic mass is 16.3. The Kier molecular flexibility index (Phi) is 6.25. The molecule has 0 spiro atoms. The molecule has 1 saturated heterocycles. The molecule has 1 aromatic carbocycles. The molecule has 4 atom stereocenters. The van der Waals surface area contributed by atoms with Gasteiger partial charge < -0.3 is 20.6 Å². The Hall–Kier alpha value is -0.980. The van der Waals surface area contributed by atoms with E-state index in [2.05, 4.69) is 40.5 Å². The summed E-state index contributed by atoms with van der Waals surface area (Å²) in [5.41, 5.74) is 1.42. The van der Waals surface area contributed by atoms with Gasteiger partial charge in [0.2, 0.25) is 0 Å². The summed E-state index contributed by atoms with van der Waals surface area (Å²) < 4.78 is 0. The van der Waals surface area contributed by atoms with Gasteiger partial charge in [-0.1, -0.05) is 30.3 Å². The molecule has 2 aliphatic rings. The van der Waals surface area contributed by atoms with E-state index in [-0.39, 0.29) is 18.7 Å². The summed E-state index contributed by atoms with van der Waals surface area (Å²) >= 11 is 0. The Morgan fingerprint density at radius 3 is 2.38 bits per heavy atom. The molecule has 4 N–H and O–H groups in total. The lowest BCUT2D eigenvalue weighted by atomic mass is 9.82. The van der Waals surface area contributed by atoms with Crippen LogP contribution in [0.15, 0.2) is 30.3 Å². The Morgan fingerprint density at radius 1 is 1.00 bits per heavy atom. The number of hydrogen-bond acceptors (Lipinski definition) is 5. The highest BCUT2D eigenvalue weighted by Crippen LogP contribution is 2.32. The maximum atomic E-state index is 10.4. The van der Waals surface area contributed by atoms with Crippen molar-refractivity contribution in [1.82, 2.24) is 10.2 Å². The van der Waals surface area contributed by atoms with Gasteiger partial charge in [0.25, 0.3) is 0 Å². The average Bonchev–Trinajstić information content (AvgIpc) is 2.62. The van der Waals surface area contributed by atoms with Crippen LogP contribution in [0.1, 0.15) is 37.2 Å². The molecule has 1 saturated carbocycles. The van der Waals surface area contributed by atoms with E-state index in [1.54, 1.807) is 0 Å². The molecular weight excluding hydrogens is 304 g/mol. The fourth-order valence-electron chi connectivity index (χ4n) is 4.29. The lowest BCUT2D eigenvalue weighted by Crippen LogP contribution is -2.58. The summed E-state index contributed by atoms with van der Waals surface area (Å²) in [6.45, 7) is 2.54. The van der Waals surface area contributed by atoms with Crippen LogP contribution in [0.2, 0.25) is 0 Å². The van der Waals surface area contributed by atoms with E-state index in [1.165, 1.54) is 5.56 Å². The van der Waals surface area contributed by atoms with Crippen LogP contribution in [0.4, 0.5) is 0 Å². The zero-order valence-corrected chi connectivity index (χ0v) is 14.2. The van der Waals surface area contributed by atoms with Crippen molar-refractivity contribution in [3.05, 3.63) is 35.9 Å². The summed E-state index contributed by atoms with van der Waals surface area (Å²) in [6.07, 6.45) is 2.37. The van der Waals surface area contributed by atoms with Crippen molar-refractivity contribution < 1.29 is 15.3 Å². The summed E-state index contributed by atoms with van der Waals surface area (Å²) in [5.74, 6) is 0.608. The third kappa shape index (κ3) is 4.16. The van der Waals surface area contributed by atoms with Crippen LogP contribution in [0.5, 0.6) is 0 Å². The van der Waals surface area contributed by atoms with E-state index < -0.39 is 12.2 Å². The second-order valence-electron chi connectivity index (χ2n) is 7.18. The predicted molar refractivity (Wildman–Crippen MR) is 93.9 cm³/mol. The number of rotatable bonds is 5. The van der Waals surface area contributed by atoms with Gasteiger partial charge in [-0.3, -0.25) is 4.90 Å². The highest BCUT2D eigenvalue weighted by Gasteiger charge is 2.39. The van der Waals surface area contributed by atoms with Crippen molar-refractivity contribution in [2.45, 2.75) is 55.9 Å². The van der Waals surface area contributed by atoms with E-state index in [1.807, 2.05) is 0 Å². The van der Waals surface area contributed by atoms with Crippen LogP contribution in [0, 0.1) is 0 Å². The molecule has 0 radical (unpaired) electrons. The molecule has 0 amide bonds. The Bertz CT molecular complexity index is 491. The van der Waals surface area contributed by atoms with Gasteiger partial charge in [-0.2, -0.15) is 0 Å². The third-order valence-electron chi connectivity index (χ3n) is 5.67. The Morgan fingerprint density at radius 2 is 1.71 bits per heavy atom. The number of benzene rings is 1. The molecule has 5 nitrogen and oxygen atoms in total. The van der Waals surface area contributed by atoms with Crippen molar-refractivity contribution in [3.63, 3.8) is 0 Å². The summed E-state index contributed by atoms with van der Waals surface area (Å²) in [7, 11) is 0. The maximum Gasteiger partial charge on any atom is 0.0721 e. The standard InChI is InChI=1S/C19H30N2O3/c22-11-8-20-16-12-17(19(24)13-18(16)23)21-9-6-15(7-10-21)14-4-2-1-3-5-14/h1-5,15-20,22-24H,6-13H2/t16-,17-,18-,19-/m0/s1. The van der Waals surface area contributed by atoms with E-state index in [0.717, 1.165) is 32.4 Å². The fraction of sp³-hybridized carbons (Fsp3) is 0.684. The SMILES string of the molecule is OCCN[C@H]1C[C@H](N2CCC(c3ccccc3)CC2)[C@@H](O)C[C@@H]1O. The van der Waals surface area contributed by atoms with Gasteiger partial charge >= 0.3 is 0 Å². The normalized spacial score (nSPS) is 32.8. The van der Waals surface area contributed by atoms with Crippen LogP contribution < -0.4 is 5.32 Å². The van der Waals surface area contributed by atoms with Gasteiger partial charge in [0.1, 0.15) is 0 Å². The molecular formula is C19H30N2O3. The molecule has 1 aliphatic heterocycles. The molecule has 0 unspecified atom stereocenters. The molecule has 1 heterocycles. The lowest BCUT2D eigenvalue weighted by Gasteiger charge is -2.45. The largest absolute Gasteiger partial charge is 0.395 e. The monoisotopic (exact) mass is 334 g/mol. The number of hydrogen-bond donors (Lipinski definition) is 4. The summed E-state index contributed by atoms with van der Waals surface area (Å²) in [4.78, 5) is 2.39. The molecule has 0 bridgehead atoms. The van der Waals surface area contributed by atoms with Crippen molar-refractivity contribution in [3.8, 4) is 0 Å². The van der Waals surface area contributed by atoms with Crippen LogP contribution in [-0.4, -0.2) is 70.8 Å². The van der Waals surface area contributed by atoms with Gasteiger partial charge in [-0.25, -0.2) is 0 Å². The quantitative estimate of drug-likeness (QED) is 0.638. The van der Waals surface area contributed by atoms with E-state index in [4.69, 9.17) is 5.11 Å². The second-order valence-corrected chi connectivity index (χ2v) is 7.18. The molecule has 3 rings (SSSR count). The van der Waals surface area contributed by atoms with E-state index in [0.29, 0.717) is 18.9 Å². The maximum absolute atomic E-state index is 10.4. The van der Waals surface area contributed by atoms with Gasteiger partial charge in [0.15, 0.2) is 0 Å². The molecule has 1 aromatic rings. The Balaban J connectivity index is 1.56. The minimum atomic E-state index is -0.537. The molecule has 134 valence electrons. The zero-order valence-electron chi connectivity index (χ0n) is 14.2. The summed E-state index contributed by atoms with van der Waals surface area (Å²) in [6, 6.07) is 10.7. The average molecular weight is 334 g/mol. The number of aliphatic hydroxyl groups is 3. The Labute approximate surface area is 144 Å². The van der Waals surface area contributed by atoms with Crippen LogP contribution >= 0.6 is 0 Å². The molecule has 0 aromatic heterocycles. The van der Waals surface area contributed by atoms with Crippen molar-refractivity contribution in [1.29, 1.82) is 0 Å². The van der Waals surface area contributed by atoms with Crippen molar-refractivity contribution >= 4 is 0 Å². The molecule has 1 aliphatic carbocycles. The first-order valence-corrected chi connectivity index (χ1v) is 9.18. The smallest absolute Gasteiger partial charge is 0.0721 e. The number of likely N-dealkylation sites (tertiary alicyclic amines) is 1. The topological polar surface area (TPSA) is 76.0 Å². The molecule has 5 heteroatoms. The number of piperidine rings is 1. The first kappa shape index (κ1) is 17.8. The first-order valence-electron chi connectivity index (χ1n) is 9.18. The minimum absolute atomic E-state index is 0.0441. The fourth-order valence-corrected chi connectivity index (χ4v) is 4.29. The van der Waals surface area contributed by atoms with Crippen molar-refractivity contribution in [2.24, 2.45) is 0 Å². The lowest BCUT2D eigenvalue weighted by molar-refractivity contribution is -0.0490. The minimum Gasteiger partial charge on any atom is -0.395 e. The second kappa shape index (κ2) is 8.41. The zero-order chi connectivity index (χ0) is 16.9. The van der Waals surface area contributed by atoms with Crippen LogP contribution in [0.25, 0.3) is 0 Å². The van der Waals surface area contributed by atoms with E-state index in [9.17, 15) is 10.2 Å². The number of aliphatic hydroxyl groups excluding tert-OH is 3. The van der Waals surface area contributed by atoms with Gasteiger partial charge in [0, 0.05) is 25.0 Å². The molecule has 2 fully saturated rings. The van der Waals surface area contributed by atoms with Gasteiger partial charge in [-0.05, 0) is 43.8 Å². The van der Waals surface area contributed by atoms with E-state index >= 15 is 0 Å². The van der Waals surface area contributed by atoms with Crippen LogP contribution in [0.3, 0.4) is 0 Å². The predicted octanol–water partition coefficient (Wildman–Crippen LogP) is 0.701. The van der Waals surface area contributed by atoms with Crippen molar-refractivity contribution in [2.75, 3.05) is 26.2 Å². The summed E-state index contributed by atoms with van der Waals surface area (Å²) in [5, 5.41) is 32.8. The van der Waals surface area contributed by atoms with Gasteiger partial charge in [-0.15, -0.1) is 0 Å². The number of nitrogens with one attached hydrogen (secondary N) is 1. The third-order valence-corrected chi connectivity index (χ3v) is 5.67. The van der Waals surface area contributed by atoms with Crippen LogP contribution in [-0.2, 0) is 0 Å².